The molecule has 3 aromatic rings. The first-order valence-electron chi connectivity index (χ1n) is 8.77. The second-order valence-corrected chi connectivity index (χ2v) is 7.11. The number of carbonyl (C=O) groups excluding carboxylic acids is 1. The molecule has 0 atom stereocenters. The highest BCUT2D eigenvalue weighted by atomic mass is 35.5. The minimum Gasteiger partial charge on any atom is -0.351 e. The summed E-state index contributed by atoms with van der Waals surface area (Å²) in [4.78, 5) is 23.3. The molecular weight excluding hydrogens is 360 g/mol. The van der Waals surface area contributed by atoms with E-state index in [2.05, 4.69) is 22.1 Å². The van der Waals surface area contributed by atoms with Gasteiger partial charge in [0.05, 0.1) is 12.0 Å². The number of rotatable bonds is 6. The minimum absolute atomic E-state index is 0.0253. The van der Waals surface area contributed by atoms with E-state index in [4.69, 9.17) is 11.6 Å². The molecule has 140 valence electrons. The van der Waals surface area contributed by atoms with Gasteiger partial charge in [-0.25, -0.2) is 9.78 Å². The number of halogens is 1. The van der Waals surface area contributed by atoms with Crippen LogP contribution in [0.5, 0.6) is 0 Å². The Kier molecular flexibility index (Phi) is 6.14. The van der Waals surface area contributed by atoms with Crippen LogP contribution in [-0.2, 0) is 19.5 Å². The number of nitrogens with one attached hydrogen (secondary N) is 1. The van der Waals surface area contributed by atoms with Gasteiger partial charge in [0, 0.05) is 44.8 Å². The zero-order valence-electron chi connectivity index (χ0n) is 15.5. The van der Waals surface area contributed by atoms with Crippen LogP contribution in [0.3, 0.4) is 0 Å². The largest absolute Gasteiger partial charge is 0.351 e. The molecule has 1 N–H and O–H groups in total. The highest BCUT2D eigenvalue weighted by Gasteiger charge is 2.15. The van der Waals surface area contributed by atoms with Crippen LogP contribution in [0.1, 0.15) is 22.4 Å². The molecule has 0 unspecified atom stereocenters. The smallest absolute Gasteiger partial charge is 0.320 e. The second-order valence-electron chi connectivity index (χ2n) is 6.68. The fraction of sp³-hybridized carbons (Fsp3) is 0.238. The molecule has 0 fully saturated rings. The molecule has 5 nitrogen and oxygen atoms in total. The Morgan fingerprint density at radius 1 is 1.00 bits per heavy atom. The molecule has 2 aromatic carbocycles. The number of nitrogens with zero attached hydrogens (tertiary/aromatic N) is 3. The topological polar surface area (TPSA) is 52.2 Å². The number of carbonyl (C=O) groups is 1. The normalized spacial score (nSPS) is 10.6. The van der Waals surface area contributed by atoms with Gasteiger partial charge in [-0.2, -0.15) is 0 Å². The van der Waals surface area contributed by atoms with E-state index in [9.17, 15) is 4.79 Å². The average Bonchev–Trinajstić information content (AvgIpc) is 3.16. The molecule has 1 aromatic heterocycles. The highest BCUT2D eigenvalue weighted by molar-refractivity contribution is 6.30. The number of H-pyrrole nitrogens is 1. The van der Waals surface area contributed by atoms with Crippen molar-refractivity contribution < 1.29 is 4.79 Å². The van der Waals surface area contributed by atoms with E-state index in [1.54, 1.807) is 23.2 Å². The Morgan fingerprint density at radius 3 is 2.33 bits per heavy atom. The standard InChI is InChI=1S/C21H23ClN4O/c1-25(13-16-6-8-19(22)9-7-16)21(27)26(2)14-18-5-3-4-17(10-18)11-20-12-23-15-24-20/h3-10,12,15H,11,13-14H2,1-2H3,(H,23,24). The van der Waals surface area contributed by atoms with Gasteiger partial charge in [0.25, 0.3) is 0 Å². The van der Waals surface area contributed by atoms with E-state index in [-0.39, 0.29) is 6.03 Å². The van der Waals surface area contributed by atoms with Crippen LogP contribution in [0.2, 0.25) is 5.02 Å². The average molecular weight is 383 g/mol. The Hall–Kier alpha value is -2.79. The summed E-state index contributed by atoms with van der Waals surface area (Å²) in [5.74, 6) is 0. The fourth-order valence-corrected chi connectivity index (χ4v) is 3.12. The summed E-state index contributed by atoms with van der Waals surface area (Å²) < 4.78 is 0. The lowest BCUT2D eigenvalue weighted by atomic mass is 10.1. The Balaban J connectivity index is 1.59. The van der Waals surface area contributed by atoms with E-state index in [1.807, 2.05) is 49.6 Å². The molecule has 0 bridgehead atoms. The maximum absolute atomic E-state index is 12.7. The van der Waals surface area contributed by atoms with Gasteiger partial charge in [0.2, 0.25) is 0 Å². The van der Waals surface area contributed by atoms with Crippen molar-refractivity contribution in [1.82, 2.24) is 19.8 Å². The molecule has 0 aliphatic carbocycles. The van der Waals surface area contributed by atoms with E-state index >= 15 is 0 Å². The van der Waals surface area contributed by atoms with E-state index in [0.717, 1.165) is 23.2 Å². The van der Waals surface area contributed by atoms with Crippen molar-refractivity contribution in [3.63, 3.8) is 0 Å². The zero-order chi connectivity index (χ0) is 19.2. The molecule has 3 rings (SSSR count). The number of benzene rings is 2. The van der Waals surface area contributed by atoms with Gasteiger partial charge in [-0.1, -0.05) is 48.0 Å². The lowest BCUT2D eigenvalue weighted by Gasteiger charge is -2.25. The summed E-state index contributed by atoms with van der Waals surface area (Å²) in [6.45, 7) is 1.09. The molecule has 1 heterocycles. The summed E-state index contributed by atoms with van der Waals surface area (Å²) in [7, 11) is 3.63. The molecule has 0 saturated carbocycles. The third-order valence-electron chi connectivity index (χ3n) is 4.34. The van der Waals surface area contributed by atoms with Gasteiger partial charge in [0.1, 0.15) is 0 Å². The summed E-state index contributed by atoms with van der Waals surface area (Å²) in [6, 6.07) is 15.8. The Bertz CT molecular complexity index is 877. The monoisotopic (exact) mass is 382 g/mol. The summed E-state index contributed by atoms with van der Waals surface area (Å²) in [5.41, 5.74) is 4.32. The number of amides is 2. The molecule has 0 saturated heterocycles. The van der Waals surface area contributed by atoms with Gasteiger partial charge in [-0.3, -0.25) is 0 Å². The van der Waals surface area contributed by atoms with E-state index in [1.165, 1.54) is 5.56 Å². The number of hydrogen-bond acceptors (Lipinski definition) is 2. The van der Waals surface area contributed by atoms with E-state index in [0.29, 0.717) is 18.1 Å². The van der Waals surface area contributed by atoms with Crippen LogP contribution in [0.25, 0.3) is 0 Å². The van der Waals surface area contributed by atoms with Gasteiger partial charge in [-0.05, 0) is 28.8 Å². The van der Waals surface area contributed by atoms with Gasteiger partial charge >= 0.3 is 6.03 Å². The maximum Gasteiger partial charge on any atom is 0.320 e. The first-order valence-corrected chi connectivity index (χ1v) is 9.15. The van der Waals surface area contributed by atoms with Crippen molar-refractivity contribution >= 4 is 17.6 Å². The van der Waals surface area contributed by atoms with Crippen LogP contribution in [0.4, 0.5) is 4.79 Å². The first kappa shape index (κ1) is 19.0. The first-order chi connectivity index (χ1) is 13.0. The van der Waals surface area contributed by atoms with Crippen LogP contribution in [-0.4, -0.2) is 39.9 Å². The van der Waals surface area contributed by atoms with Crippen molar-refractivity contribution in [3.05, 3.63) is 88.5 Å². The third kappa shape index (κ3) is 5.34. The predicted octanol–water partition coefficient (Wildman–Crippen LogP) is 4.34. The van der Waals surface area contributed by atoms with Gasteiger partial charge in [0.15, 0.2) is 0 Å². The van der Waals surface area contributed by atoms with Crippen molar-refractivity contribution in [2.45, 2.75) is 19.5 Å². The molecule has 6 heteroatoms. The molecule has 0 aliphatic heterocycles. The Morgan fingerprint density at radius 2 is 1.67 bits per heavy atom. The number of imidazole rings is 1. The predicted molar refractivity (Wildman–Crippen MR) is 108 cm³/mol. The third-order valence-corrected chi connectivity index (χ3v) is 4.59. The molecule has 0 radical (unpaired) electrons. The highest BCUT2D eigenvalue weighted by Crippen LogP contribution is 2.14. The minimum atomic E-state index is -0.0253. The van der Waals surface area contributed by atoms with E-state index < -0.39 is 0 Å². The fourth-order valence-electron chi connectivity index (χ4n) is 3.00. The lowest BCUT2D eigenvalue weighted by Crippen LogP contribution is -2.37. The summed E-state index contributed by atoms with van der Waals surface area (Å²) >= 11 is 5.91. The number of aromatic amines is 1. The van der Waals surface area contributed by atoms with Crippen LogP contribution < -0.4 is 0 Å². The summed E-state index contributed by atoms with van der Waals surface area (Å²) in [5, 5.41) is 0.694. The lowest BCUT2D eigenvalue weighted by molar-refractivity contribution is 0.169. The quantitative estimate of drug-likeness (QED) is 0.689. The second kappa shape index (κ2) is 8.73. The van der Waals surface area contributed by atoms with Crippen LogP contribution in [0, 0.1) is 0 Å². The molecule has 27 heavy (non-hydrogen) atoms. The number of urea groups is 1. The van der Waals surface area contributed by atoms with Crippen molar-refractivity contribution in [1.29, 1.82) is 0 Å². The van der Waals surface area contributed by atoms with Gasteiger partial charge < -0.3 is 14.8 Å². The van der Waals surface area contributed by atoms with Crippen LogP contribution >= 0.6 is 11.6 Å². The van der Waals surface area contributed by atoms with Crippen molar-refractivity contribution in [3.8, 4) is 0 Å². The van der Waals surface area contributed by atoms with Crippen LogP contribution in [0.15, 0.2) is 61.1 Å². The summed E-state index contributed by atoms with van der Waals surface area (Å²) in [6.07, 6.45) is 4.35. The SMILES string of the molecule is CN(Cc1ccc(Cl)cc1)C(=O)N(C)Cc1cccc(Cc2c[nH]cn2)c1. The Labute approximate surface area is 164 Å². The van der Waals surface area contributed by atoms with Gasteiger partial charge in [-0.15, -0.1) is 0 Å². The van der Waals surface area contributed by atoms with Crippen molar-refractivity contribution in [2.24, 2.45) is 0 Å². The molecule has 0 spiro atoms. The zero-order valence-corrected chi connectivity index (χ0v) is 16.3. The molecular formula is C21H23ClN4O. The van der Waals surface area contributed by atoms with Crippen molar-refractivity contribution in [2.75, 3.05) is 14.1 Å². The molecule has 2 amide bonds. The number of hydrogen-bond donors (Lipinski definition) is 1. The number of aromatic nitrogens is 2. The molecule has 0 aliphatic rings. The maximum atomic E-state index is 12.7.